The van der Waals surface area contributed by atoms with Gasteiger partial charge in [-0.25, -0.2) is 9.97 Å². The van der Waals surface area contributed by atoms with Crippen molar-refractivity contribution in [1.29, 1.82) is 0 Å². The Hall–Kier alpha value is -3.15. The first-order valence-corrected chi connectivity index (χ1v) is 10.7. The van der Waals surface area contributed by atoms with Gasteiger partial charge in [-0.05, 0) is 60.9 Å². The van der Waals surface area contributed by atoms with E-state index >= 15 is 0 Å². The summed E-state index contributed by atoms with van der Waals surface area (Å²) >= 11 is 0. The first-order valence-electron chi connectivity index (χ1n) is 10.7. The molecule has 6 heteroatoms. The van der Waals surface area contributed by atoms with Gasteiger partial charge in [-0.1, -0.05) is 19.9 Å². The first-order chi connectivity index (χ1) is 14.6. The van der Waals surface area contributed by atoms with Crippen molar-refractivity contribution in [3.05, 3.63) is 60.0 Å². The van der Waals surface area contributed by atoms with Gasteiger partial charge in [-0.15, -0.1) is 0 Å². The lowest BCUT2D eigenvalue weighted by Crippen LogP contribution is -2.14. The van der Waals surface area contributed by atoms with Gasteiger partial charge in [0.05, 0.1) is 11.4 Å². The van der Waals surface area contributed by atoms with Gasteiger partial charge >= 0.3 is 0 Å². The predicted molar refractivity (Wildman–Crippen MR) is 118 cm³/mol. The van der Waals surface area contributed by atoms with Gasteiger partial charge in [0, 0.05) is 36.6 Å². The van der Waals surface area contributed by atoms with Crippen molar-refractivity contribution in [3.8, 4) is 17.3 Å². The van der Waals surface area contributed by atoms with Crippen LogP contribution in [0.5, 0.6) is 5.88 Å². The lowest BCUT2D eigenvalue weighted by Gasteiger charge is -2.17. The molecular formula is C24H27N5O. The Bertz CT molecular complexity index is 1180. The van der Waals surface area contributed by atoms with Crippen LogP contribution in [0.4, 0.5) is 0 Å². The van der Waals surface area contributed by atoms with E-state index in [1.54, 1.807) is 0 Å². The number of nitrogens with one attached hydrogen (secondary N) is 1. The highest BCUT2D eigenvalue weighted by Crippen LogP contribution is 2.38. The second-order valence-electron chi connectivity index (χ2n) is 8.53. The minimum Gasteiger partial charge on any atom is -0.474 e. The summed E-state index contributed by atoms with van der Waals surface area (Å²) in [7, 11) is 1.95. The number of nitrogens with zero attached hydrogens (tertiary/aromatic N) is 4. The molecule has 0 aromatic carbocycles. The highest BCUT2D eigenvalue weighted by molar-refractivity contribution is 5.82. The van der Waals surface area contributed by atoms with Crippen molar-refractivity contribution >= 4 is 11.0 Å². The number of ether oxygens (including phenoxy) is 1. The molecule has 4 aromatic rings. The summed E-state index contributed by atoms with van der Waals surface area (Å²) in [5, 5.41) is 5.40. The van der Waals surface area contributed by atoms with Crippen LogP contribution < -0.4 is 4.74 Å². The zero-order chi connectivity index (χ0) is 20.7. The fourth-order valence-electron chi connectivity index (χ4n) is 4.48. The number of hydrogen-bond donors (Lipinski definition) is 1. The molecule has 154 valence electrons. The highest BCUT2D eigenvalue weighted by Gasteiger charge is 2.29. The third-order valence-electron chi connectivity index (χ3n) is 6.14. The van der Waals surface area contributed by atoms with E-state index in [4.69, 9.17) is 9.72 Å². The maximum Gasteiger partial charge on any atom is 0.217 e. The lowest BCUT2D eigenvalue weighted by molar-refractivity contribution is 0.197. The van der Waals surface area contributed by atoms with E-state index in [1.807, 2.05) is 42.5 Å². The Labute approximate surface area is 176 Å². The van der Waals surface area contributed by atoms with Crippen molar-refractivity contribution in [2.75, 3.05) is 0 Å². The summed E-state index contributed by atoms with van der Waals surface area (Å²) in [5.74, 6) is 1.66. The van der Waals surface area contributed by atoms with Crippen LogP contribution in [0.25, 0.3) is 22.4 Å². The van der Waals surface area contributed by atoms with E-state index in [1.165, 1.54) is 11.1 Å². The van der Waals surface area contributed by atoms with Crippen molar-refractivity contribution < 1.29 is 4.74 Å². The molecule has 2 unspecified atom stereocenters. The summed E-state index contributed by atoms with van der Waals surface area (Å²) in [6.07, 6.45) is 9.00. The van der Waals surface area contributed by atoms with Crippen LogP contribution in [0.1, 0.15) is 56.1 Å². The largest absolute Gasteiger partial charge is 0.474 e. The topological polar surface area (TPSA) is 68.6 Å². The highest BCUT2D eigenvalue weighted by atomic mass is 16.5. The second kappa shape index (κ2) is 7.59. The zero-order valence-corrected chi connectivity index (χ0v) is 17.7. The number of pyridine rings is 2. The SMILES string of the molecule is CC(C)c1cccnc1OC1CCC(c2cnc3[nH]c(-c4ccnn4C)cc3c2)C1. The third-order valence-corrected chi connectivity index (χ3v) is 6.14. The first kappa shape index (κ1) is 18.9. The molecule has 30 heavy (non-hydrogen) atoms. The van der Waals surface area contributed by atoms with Crippen LogP contribution in [0, 0.1) is 0 Å². The number of aryl methyl sites for hydroxylation is 1. The summed E-state index contributed by atoms with van der Waals surface area (Å²) in [6.45, 7) is 4.36. The van der Waals surface area contributed by atoms with E-state index in [-0.39, 0.29) is 6.10 Å². The number of hydrogen-bond acceptors (Lipinski definition) is 4. The monoisotopic (exact) mass is 401 g/mol. The average molecular weight is 402 g/mol. The molecule has 2 atom stereocenters. The standard InChI is InChI=1S/C24H27N5O/c1-15(2)20-5-4-9-25-24(20)30-19-7-6-16(12-19)18-11-17-13-21(28-23(17)26-14-18)22-8-10-27-29(22)3/h4-5,8-11,13-16,19H,6-7,12H2,1-3H3,(H,26,28). The Morgan fingerprint density at radius 2 is 2.03 bits per heavy atom. The normalized spacial score (nSPS) is 19.1. The van der Waals surface area contributed by atoms with Gasteiger partial charge in [0.25, 0.3) is 0 Å². The van der Waals surface area contributed by atoms with Crippen LogP contribution in [0.15, 0.2) is 48.9 Å². The smallest absolute Gasteiger partial charge is 0.217 e. The Balaban J connectivity index is 1.34. The van der Waals surface area contributed by atoms with Gasteiger partial charge in [0.2, 0.25) is 5.88 Å². The molecule has 1 aliphatic carbocycles. The number of rotatable bonds is 5. The van der Waals surface area contributed by atoms with Gasteiger partial charge in [-0.2, -0.15) is 5.10 Å². The molecule has 0 saturated heterocycles. The second-order valence-corrected chi connectivity index (χ2v) is 8.53. The maximum absolute atomic E-state index is 6.33. The molecule has 6 nitrogen and oxygen atoms in total. The average Bonchev–Trinajstić information content (AvgIpc) is 3.46. The Morgan fingerprint density at radius 1 is 1.13 bits per heavy atom. The van der Waals surface area contributed by atoms with Gasteiger partial charge in [-0.3, -0.25) is 4.68 Å². The quantitative estimate of drug-likeness (QED) is 0.499. The number of aromatic nitrogens is 5. The van der Waals surface area contributed by atoms with Crippen LogP contribution in [0.2, 0.25) is 0 Å². The molecule has 1 aliphatic rings. The van der Waals surface area contributed by atoms with Gasteiger partial charge in [0.1, 0.15) is 11.8 Å². The summed E-state index contributed by atoms with van der Waals surface area (Å²) < 4.78 is 8.19. The molecule has 1 saturated carbocycles. The van der Waals surface area contributed by atoms with E-state index in [0.717, 1.165) is 47.6 Å². The van der Waals surface area contributed by atoms with Crippen molar-refractivity contribution in [2.24, 2.45) is 7.05 Å². The molecule has 1 fully saturated rings. The van der Waals surface area contributed by atoms with Gasteiger partial charge in [0.15, 0.2) is 0 Å². The van der Waals surface area contributed by atoms with Crippen LogP contribution in [-0.2, 0) is 7.05 Å². The van der Waals surface area contributed by atoms with E-state index in [9.17, 15) is 0 Å². The molecule has 4 heterocycles. The van der Waals surface area contributed by atoms with Gasteiger partial charge < -0.3 is 9.72 Å². The van der Waals surface area contributed by atoms with Crippen LogP contribution >= 0.6 is 0 Å². The molecule has 5 rings (SSSR count). The molecule has 0 amide bonds. The molecular weight excluding hydrogens is 374 g/mol. The van der Waals surface area contributed by atoms with Crippen molar-refractivity contribution in [1.82, 2.24) is 24.7 Å². The molecule has 0 bridgehead atoms. The zero-order valence-electron chi connectivity index (χ0n) is 17.7. The molecule has 4 aromatic heterocycles. The predicted octanol–water partition coefficient (Wildman–Crippen LogP) is 5.20. The van der Waals surface area contributed by atoms with Crippen molar-refractivity contribution in [3.63, 3.8) is 0 Å². The van der Waals surface area contributed by atoms with Crippen molar-refractivity contribution in [2.45, 2.75) is 51.0 Å². The maximum atomic E-state index is 6.33. The van der Waals surface area contributed by atoms with E-state index in [2.05, 4.69) is 47.1 Å². The number of aromatic amines is 1. The molecule has 0 aliphatic heterocycles. The van der Waals surface area contributed by atoms with Crippen LogP contribution in [-0.4, -0.2) is 30.8 Å². The number of fused-ring (bicyclic) bond motifs is 1. The Morgan fingerprint density at radius 3 is 2.83 bits per heavy atom. The van der Waals surface area contributed by atoms with E-state index < -0.39 is 0 Å². The number of H-pyrrole nitrogens is 1. The molecule has 0 radical (unpaired) electrons. The summed E-state index contributed by atoms with van der Waals surface area (Å²) in [5.41, 5.74) is 5.47. The minimum absolute atomic E-state index is 0.203. The fourth-order valence-corrected chi connectivity index (χ4v) is 4.48. The molecule has 1 N–H and O–H groups in total. The minimum atomic E-state index is 0.203. The fraction of sp³-hybridized carbons (Fsp3) is 0.375. The summed E-state index contributed by atoms with van der Waals surface area (Å²) in [6, 6.07) is 10.5. The summed E-state index contributed by atoms with van der Waals surface area (Å²) in [4.78, 5) is 12.6. The van der Waals surface area contributed by atoms with E-state index in [0.29, 0.717) is 11.8 Å². The van der Waals surface area contributed by atoms with Crippen LogP contribution in [0.3, 0.4) is 0 Å². The Kier molecular flexibility index (Phi) is 4.77. The lowest BCUT2D eigenvalue weighted by atomic mass is 9.98. The third kappa shape index (κ3) is 3.47. The molecule has 0 spiro atoms.